The summed E-state index contributed by atoms with van der Waals surface area (Å²) in [7, 11) is 1.59. The Morgan fingerprint density at radius 3 is 2.46 bits per heavy atom. The van der Waals surface area contributed by atoms with Crippen molar-refractivity contribution in [3.8, 4) is 5.75 Å². The summed E-state index contributed by atoms with van der Waals surface area (Å²) in [4.78, 5) is 26.7. The number of methoxy groups -OCH3 is 1. The van der Waals surface area contributed by atoms with Crippen LogP contribution in [0.5, 0.6) is 5.75 Å². The fraction of sp³-hybridized carbons (Fsp3) is 0.182. The molecule has 3 rings (SSSR count). The highest BCUT2D eigenvalue weighted by Crippen LogP contribution is 2.28. The molecule has 0 spiro atoms. The van der Waals surface area contributed by atoms with E-state index in [0.29, 0.717) is 22.9 Å². The summed E-state index contributed by atoms with van der Waals surface area (Å²) in [5.41, 5.74) is 2.17. The van der Waals surface area contributed by atoms with E-state index in [9.17, 15) is 9.59 Å². The van der Waals surface area contributed by atoms with Crippen LogP contribution in [0.1, 0.15) is 24.1 Å². The van der Waals surface area contributed by atoms with Gasteiger partial charge < -0.3 is 15.0 Å². The number of carbonyl (C=O) groups is 2. The Morgan fingerprint density at radius 1 is 1.18 bits per heavy atom. The van der Waals surface area contributed by atoms with Crippen LogP contribution >= 0.6 is 11.6 Å². The van der Waals surface area contributed by atoms with Crippen molar-refractivity contribution >= 4 is 29.5 Å². The summed E-state index contributed by atoms with van der Waals surface area (Å²) >= 11 is 5.90. The molecule has 1 N–H and O–H groups in total. The molecule has 0 aromatic heterocycles. The van der Waals surface area contributed by atoms with Crippen LogP contribution in [0.3, 0.4) is 0 Å². The molecule has 2 amide bonds. The lowest BCUT2D eigenvalue weighted by Gasteiger charge is -2.31. The van der Waals surface area contributed by atoms with E-state index in [1.54, 1.807) is 43.7 Å². The first-order chi connectivity index (χ1) is 13.5. The molecule has 0 saturated carbocycles. The monoisotopic (exact) mass is 396 g/mol. The minimum atomic E-state index is -0.524. The Morgan fingerprint density at radius 2 is 1.86 bits per heavy atom. The number of urea groups is 1. The molecule has 1 atom stereocenters. The number of nitrogens with one attached hydrogen (secondary N) is 1. The third-order valence-electron chi connectivity index (χ3n) is 4.51. The fourth-order valence-corrected chi connectivity index (χ4v) is 3.05. The maximum absolute atomic E-state index is 12.9. The number of carbonyl (C=O) groups excluding carboxylic acids is 2. The van der Waals surface area contributed by atoms with Crippen LogP contribution in [-0.4, -0.2) is 30.4 Å². The van der Waals surface area contributed by atoms with Crippen molar-refractivity contribution in [3.63, 3.8) is 0 Å². The van der Waals surface area contributed by atoms with Gasteiger partial charge in [-0.15, -0.1) is 0 Å². The van der Waals surface area contributed by atoms with Gasteiger partial charge in [-0.1, -0.05) is 41.9 Å². The van der Waals surface area contributed by atoms with Crippen LogP contribution in [0.4, 0.5) is 4.79 Å². The predicted molar refractivity (Wildman–Crippen MR) is 110 cm³/mol. The quantitative estimate of drug-likeness (QED) is 0.726. The van der Waals surface area contributed by atoms with Gasteiger partial charge in [-0.3, -0.25) is 4.79 Å². The second-order valence-corrected chi connectivity index (χ2v) is 6.71. The smallest absolute Gasteiger partial charge is 0.322 e. The number of benzene rings is 2. The van der Waals surface area contributed by atoms with E-state index in [2.05, 4.69) is 5.32 Å². The largest absolute Gasteiger partial charge is 0.497 e. The maximum atomic E-state index is 12.9. The lowest BCUT2D eigenvalue weighted by atomic mass is 9.94. The Hall–Kier alpha value is -3.05. The van der Waals surface area contributed by atoms with E-state index >= 15 is 0 Å². The van der Waals surface area contributed by atoms with Gasteiger partial charge in [0.2, 0.25) is 0 Å². The summed E-state index contributed by atoms with van der Waals surface area (Å²) in [6.45, 7) is 2.33. The fourth-order valence-electron chi connectivity index (χ4n) is 2.93. The van der Waals surface area contributed by atoms with Gasteiger partial charge in [-0.25, -0.2) is 4.79 Å². The van der Waals surface area contributed by atoms with Gasteiger partial charge in [-0.05, 0) is 48.4 Å². The van der Waals surface area contributed by atoms with Crippen LogP contribution in [0.15, 0.2) is 66.4 Å². The van der Waals surface area contributed by atoms with E-state index in [-0.39, 0.29) is 11.8 Å². The van der Waals surface area contributed by atoms with Crippen molar-refractivity contribution < 1.29 is 14.3 Å². The molecule has 2 aromatic rings. The van der Waals surface area contributed by atoms with Crippen LogP contribution in [0.2, 0.25) is 5.02 Å². The number of hydrogen-bond donors (Lipinski definition) is 1. The third-order valence-corrected chi connectivity index (χ3v) is 4.76. The number of amides is 2. The predicted octanol–water partition coefficient (Wildman–Crippen LogP) is 4.60. The van der Waals surface area contributed by atoms with E-state index in [1.165, 1.54) is 11.0 Å². The lowest BCUT2D eigenvalue weighted by Crippen LogP contribution is -2.44. The lowest BCUT2D eigenvalue weighted by molar-refractivity contribution is -0.111. The molecule has 144 valence electrons. The van der Waals surface area contributed by atoms with Crippen LogP contribution in [0.25, 0.3) is 6.08 Å². The highest BCUT2D eigenvalue weighted by molar-refractivity contribution is 6.30. The number of nitrogens with zero attached hydrogens (tertiary/aromatic N) is 1. The van der Waals surface area contributed by atoms with E-state index in [1.807, 2.05) is 31.2 Å². The highest BCUT2D eigenvalue weighted by atomic mass is 35.5. The van der Waals surface area contributed by atoms with E-state index < -0.39 is 6.04 Å². The zero-order valence-corrected chi connectivity index (χ0v) is 16.4. The highest BCUT2D eigenvalue weighted by Gasteiger charge is 2.30. The summed E-state index contributed by atoms with van der Waals surface area (Å²) in [6, 6.07) is 13.7. The van der Waals surface area contributed by atoms with Crippen molar-refractivity contribution in [2.24, 2.45) is 0 Å². The maximum Gasteiger partial charge on any atom is 0.322 e. The van der Waals surface area contributed by atoms with Gasteiger partial charge in [0.1, 0.15) is 5.75 Å². The van der Waals surface area contributed by atoms with Gasteiger partial charge >= 0.3 is 6.03 Å². The first-order valence-electron chi connectivity index (χ1n) is 8.92. The topological polar surface area (TPSA) is 58.6 Å². The SMILES string of the molecule is CCN1C=C(C(=O)/C=C/c2ccc(Cl)cc2)[C@@H](c2ccc(OC)cc2)NC1=O. The standard InChI is InChI=1S/C22H21ClN2O3/c1-3-25-14-19(20(26)13-6-15-4-9-17(23)10-5-15)21(24-22(25)27)16-7-11-18(28-2)12-8-16/h4-14,21H,3H2,1-2H3,(H,24,27)/b13-6+/t21-/m1/s1. The molecule has 0 saturated heterocycles. The van der Waals surface area contributed by atoms with Gasteiger partial charge in [0, 0.05) is 23.3 Å². The molecule has 28 heavy (non-hydrogen) atoms. The molecule has 0 radical (unpaired) electrons. The Balaban J connectivity index is 1.90. The number of halogens is 1. The van der Waals surface area contributed by atoms with Gasteiger partial charge in [0.15, 0.2) is 5.78 Å². The second kappa shape index (κ2) is 8.76. The molecule has 1 heterocycles. The van der Waals surface area contributed by atoms with Gasteiger partial charge in [0.25, 0.3) is 0 Å². The summed E-state index contributed by atoms with van der Waals surface area (Å²) in [5, 5.41) is 3.55. The third kappa shape index (κ3) is 4.43. The molecule has 0 unspecified atom stereocenters. The number of ether oxygens (including phenoxy) is 1. The van der Waals surface area contributed by atoms with Crippen molar-refractivity contribution in [1.82, 2.24) is 10.2 Å². The Bertz CT molecular complexity index is 918. The normalized spacial score (nSPS) is 16.7. The molecule has 1 aliphatic heterocycles. The molecule has 5 nitrogen and oxygen atoms in total. The molecular weight excluding hydrogens is 376 g/mol. The first kappa shape index (κ1) is 19.7. The molecule has 0 fully saturated rings. The first-order valence-corrected chi connectivity index (χ1v) is 9.30. The molecule has 0 aliphatic carbocycles. The minimum absolute atomic E-state index is 0.172. The van der Waals surface area contributed by atoms with Crippen LogP contribution in [-0.2, 0) is 4.79 Å². The number of rotatable bonds is 6. The van der Waals surface area contributed by atoms with Crippen molar-refractivity contribution in [1.29, 1.82) is 0 Å². The average molecular weight is 397 g/mol. The minimum Gasteiger partial charge on any atom is -0.497 e. The summed E-state index contributed by atoms with van der Waals surface area (Å²) in [5.74, 6) is 0.537. The number of ketones is 1. The second-order valence-electron chi connectivity index (χ2n) is 6.28. The van der Waals surface area contributed by atoms with E-state index in [0.717, 1.165) is 11.1 Å². The van der Waals surface area contributed by atoms with Gasteiger partial charge in [-0.2, -0.15) is 0 Å². The molecule has 2 aromatic carbocycles. The number of hydrogen-bond acceptors (Lipinski definition) is 3. The molecule has 6 heteroatoms. The Labute approximate surface area is 169 Å². The van der Waals surface area contributed by atoms with Crippen LogP contribution in [0, 0.1) is 0 Å². The van der Waals surface area contributed by atoms with Gasteiger partial charge in [0.05, 0.1) is 13.2 Å². The summed E-state index contributed by atoms with van der Waals surface area (Å²) < 4.78 is 5.18. The molecule has 1 aliphatic rings. The van der Waals surface area contributed by atoms with Crippen molar-refractivity contribution in [2.75, 3.05) is 13.7 Å². The van der Waals surface area contributed by atoms with Crippen LogP contribution < -0.4 is 10.1 Å². The zero-order chi connectivity index (χ0) is 20.1. The molecular formula is C22H21ClN2O3. The molecule has 0 bridgehead atoms. The van der Waals surface area contributed by atoms with Crippen molar-refractivity contribution in [2.45, 2.75) is 13.0 Å². The Kier molecular flexibility index (Phi) is 6.16. The summed E-state index contributed by atoms with van der Waals surface area (Å²) in [6.07, 6.45) is 4.87. The van der Waals surface area contributed by atoms with E-state index in [4.69, 9.17) is 16.3 Å². The van der Waals surface area contributed by atoms with Crippen molar-refractivity contribution in [3.05, 3.63) is 82.5 Å². The number of allylic oxidation sites excluding steroid dienone is 1. The zero-order valence-electron chi connectivity index (χ0n) is 15.7. The average Bonchev–Trinajstić information content (AvgIpc) is 2.73.